The van der Waals surface area contributed by atoms with E-state index in [1.165, 1.54) is 0 Å². The summed E-state index contributed by atoms with van der Waals surface area (Å²) < 4.78 is 0. The molecule has 1 aliphatic rings. The van der Waals surface area contributed by atoms with Crippen molar-refractivity contribution in [1.29, 1.82) is 0 Å². The van der Waals surface area contributed by atoms with Crippen LogP contribution in [0.2, 0.25) is 0 Å². The van der Waals surface area contributed by atoms with E-state index in [0.29, 0.717) is 29.4 Å². The Morgan fingerprint density at radius 1 is 1.16 bits per heavy atom. The molecule has 1 saturated heterocycles. The second-order valence-corrected chi connectivity index (χ2v) is 8.33. The summed E-state index contributed by atoms with van der Waals surface area (Å²) in [6.45, 7) is 3.33. The third kappa shape index (κ3) is 4.15. The lowest BCUT2D eigenvalue weighted by Crippen LogP contribution is -2.48. The van der Waals surface area contributed by atoms with Gasteiger partial charge in [-0.15, -0.1) is 11.3 Å². The molecule has 0 aliphatic carbocycles. The predicted molar refractivity (Wildman–Crippen MR) is 114 cm³/mol. The van der Waals surface area contributed by atoms with Crippen LogP contribution in [-0.2, 0) is 11.2 Å². The smallest absolute Gasteiger partial charge is 0.322 e. The van der Waals surface area contributed by atoms with Crippen molar-refractivity contribution in [2.75, 3.05) is 0 Å². The average Bonchev–Trinajstić information content (AvgIpc) is 3.27. The molecule has 158 valence electrons. The van der Waals surface area contributed by atoms with Crippen LogP contribution in [0.15, 0.2) is 48.8 Å². The lowest BCUT2D eigenvalue weighted by atomic mass is 9.93. The summed E-state index contributed by atoms with van der Waals surface area (Å²) >= 11 is 1.10. The number of carbonyl (C=O) groups is 3. The minimum absolute atomic E-state index is 0.279. The molecule has 0 radical (unpaired) electrons. The highest BCUT2D eigenvalue weighted by atomic mass is 32.1. The van der Waals surface area contributed by atoms with Crippen molar-refractivity contribution in [3.05, 3.63) is 64.9 Å². The number of nitrogens with zero attached hydrogens (tertiary/aromatic N) is 4. The Kier molecular flexibility index (Phi) is 5.47. The van der Waals surface area contributed by atoms with E-state index in [9.17, 15) is 14.4 Å². The summed E-state index contributed by atoms with van der Waals surface area (Å²) in [5.74, 6) is -0.693. The van der Waals surface area contributed by atoms with E-state index in [4.69, 9.17) is 0 Å². The van der Waals surface area contributed by atoms with Crippen molar-refractivity contribution in [3.63, 3.8) is 0 Å². The molecule has 31 heavy (non-hydrogen) atoms. The Morgan fingerprint density at radius 3 is 2.58 bits per heavy atom. The van der Waals surface area contributed by atoms with Gasteiger partial charge in [0.2, 0.25) is 0 Å². The first-order valence-electron chi connectivity index (χ1n) is 9.64. The van der Waals surface area contributed by atoms with E-state index in [-0.39, 0.29) is 4.88 Å². The first-order chi connectivity index (χ1) is 14.9. The fraction of sp³-hybridized carbons (Fsp3) is 0.238. The maximum atomic E-state index is 12.9. The molecule has 10 heteroatoms. The largest absolute Gasteiger partial charge is 0.344 e. The summed E-state index contributed by atoms with van der Waals surface area (Å²) in [5.41, 5.74) is 2.83. The van der Waals surface area contributed by atoms with Gasteiger partial charge in [-0.05, 0) is 38.3 Å². The van der Waals surface area contributed by atoms with E-state index in [0.717, 1.165) is 21.9 Å². The molecule has 3 aromatic rings. The molecule has 4 amide bonds. The van der Waals surface area contributed by atoms with Crippen molar-refractivity contribution in [1.82, 2.24) is 30.7 Å². The maximum absolute atomic E-state index is 12.9. The number of amides is 4. The summed E-state index contributed by atoms with van der Waals surface area (Å²) in [6, 6.07) is 10.7. The number of hydrogen-bond acceptors (Lipinski definition) is 7. The zero-order valence-corrected chi connectivity index (χ0v) is 17.8. The average molecular weight is 436 g/mol. The number of aromatic nitrogens is 3. The van der Waals surface area contributed by atoms with Gasteiger partial charge in [-0.3, -0.25) is 15.0 Å². The number of nitrogens with one attached hydrogen (secondary N) is 2. The number of urea groups is 1. The van der Waals surface area contributed by atoms with Crippen LogP contribution in [0, 0.1) is 6.92 Å². The van der Waals surface area contributed by atoms with Crippen LogP contribution in [0.1, 0.15) is 34.3 Å². The Balaban J connectivity index is 1.47. The first-order valence-corrected chi connectivity index (χ1v) is 10.5. The number of hydrogen-bond donors (Lipinski definition) is 2. The summed E-state index contributed by atoms with van der Waals surface area (Å²) in [5, 5.41) is 3.91. The first kappa shape index (κ1) is 20.6. The van der Waals surface area contributed by atoms with Crippen LogP contribution < -0.4 is 10.7 Å². The van der Waals surface area contributed by atoms with Crippen LogP contribution in [0.25, 0.3) is 10.8 Å². The van der Waals surface area contributed by atoms with E-state index < -0.39 is 23.4 Å². The highest BCUT2D eigenvalue weighted by molar-refractivity contribution is 7.17. The molecule has 4 rings (SSSR count). The van der Waals surface area contributed by atoms with Gasteiger partial charge >= 0.3 is 6.03 Å². The topological polar surface area (TPSA) is 117 Å². The second-order valence-electron chi connectivity index (χ2n) is 7.34. The quantitative estimate of drug-likeness (QED) is 0.574. The predicted octanol–water partition coefficient (Wildman–Crippen LogP) is 2.50. The standard InChI is InChI=1S/C21H20N6O3S/c1-13-15(31-18(24-13)16-22-11-6-12-23-16)17(28)26-27-19(29)21(2,25-20(27)30)10-9-14-7-4-3-5-8-14/h3-8,11-12H,9-10H2,1-2H3,(H,25,30)(H,26,28). The van der Waals surface area contributed by atoms with Gasteiger partial charge in [0, 0.05) is 12.4 Å². The molecule has 0 saturated carbocycles. The van der Waals surface area contributed by atoms with Gasteiger partial charge in [-0.1, -0.05) is 30.3 Å². The fourth-order valence-corrected chi connectivity index (χ4v) is 4.16. The van der Waals surface area contributed by atoms with Crippen molar-refractivity contribution < 1.29 is 14.4 Å². The molecule has 2 aromatic heterocycles. The van der Waals surface area contributed by atoms with Crippen LogP contribution in [0.4, 0.5) is 4.79 Å². The van der Waals surface area contributed by atoms with Crippen LogP contribution in [0.3, 0.4) is 0 Å². The molecule has 1 aromatic carbocycles. The lowest BCUT2D eigenvalue weighted by molar-refractivity contribution is -0.132. The maximum Gasteiger partial charge on any atom is 0.344 e. The monoisotopic (exact) mass is 436 g/mol. The molecule has 1 unspecified atom stereocenters. The Bertz CT molecular complexity index is 1130. The van der Waals surface area contributed by atoms with Gasteiger partial charge in [0.25, 0.3) is 11.8 Å². The number of benzene rings is 1. The Morgan fingerprint density at radius 2 is 1.87 bits per heavy atom. The molecule has 1 aliphatic heterocycles. The lowest BCUT2D eigenvalue weighted by Gasteiger charge is -2.21. The van der Waals surface area contributed by atoms with Crippen LogP contribution in [-0.4, -0.2) is 43.3 Å². The number of hydrazine groups is 1. The minimum atomic E-state index is -1.11. The molecular formula is C21H20N6O3S. The highest BCUT2D eigenvalue weighted by Gasteiger charge is 2.48. The third-order valence-corrected chi connectivity index (χ3v) is 6.14. The van der Waals surface area contributed by atoms with Crippen LogP contribution >= 0.6 is 11.3 Å². The van der Waals surface area contributed by atoms with Crippen molar-refractivity contribution in [3.8, 4) is 10.8 Å². The van der Waals surface area contributed by atoms with Gasteiger partial charge in [-0.25, -0.2) is 19.7 Å². The molecule has 3 heterocycles. The second kappa shape index (κ2) is 8.23. The molecule has 1 fully saturated rings. The number of rotatable bonds is 6. The molecule has 0 spiro atoms. The van der Waals surface area contributed by atoms with Crippen LogP contribution in [0.5, 0.6) is 0 Å². The van der Waals surface area contributed by atoms with Gasteiger partial charge in [0.05, 0.1) is 5.69 Å². The van der Waals surface area contributed by atoms with E-state index >= 15 is 0 Å². The molecule has 2 N–H and O–H groups in total. The normalized spacial score (nSPS) is 18.2. The number of aryl methyl sites for hydroxylation is 2. The zero-order valence-electron chi connectivity index (χ0n) is 17.0. The van der Waals surface area contributed by atoms with E-state index in [1.807, 2.05) is 30.3 Å². The summed E-state index contributed by atoms with van der Waals surface area (Å²) in [7, 11) is 0. The molecular weight excluding hydrogens is 416 g/mol. The van der Waals surface area contributed by atoms with Crippen molar-refractivity contribution in [2.45, 2.75) is 32.2 Å². The van der Waals surface area contributed by atoms with E-state index in [1.54, 1.807) is 32.3 Å². The van der Waals surface area contributed by atoms with Crippen molar-refractivity contribution in [2.24, 2.45) is 0 Å². The molecule has 1 atom stereocenters. The number of thiazole rings is 1. The number of imide groups is 1. The van der Waals surface area contributed by atoms with E-state index in [2.05, 4.69) is 25.7 Å². The Labute approximate surface area is 182 Å². The Hall–Kier alpha value is -3.66. The van der Waals surface area contributed by atoms with Gasteiger partial charge in [0.1, 0.15) is 10.4 Å². The molecule has 9 nitrogen and oxygen atoms in total. The van der Waals surface area contributed by atoms with Gasteiger partial charge in [-0.2, -0.15) is 5.01 Å². The highest BCUT2D eigenvalue weighted by Crippen LogP contribution is 2.26. The fourth-order valence-electron chi connectivity index (χ4n) is 3.26. The summed E-state index contributed by atoms with van der Waals surface area (Å²) in [6.07, 6.45) is 4.19. The summed E-state index contributed by atoms with van der Waals surface area (Å²) in [4.78, 5) is 51.0. The zero-order chi connectivity index (χ0) is 22.0. The third-order valence-electron chi connectivity index (χ3n) is 4.99. The van der Waals surface area contributed by atoms with Gasteiger partial charge in [0.15, 0.2) is 10.8 Å². The minimum Gasteiger partial charge on any atom is -0.322 e. The number of carbonyl (C=O) groups excluding carboxylic acids is 3. The van der Waals surface area contributed by atoms with Crippen molar-refractivity contribution >= 4 is 29.2 Å². The van der Waals surface area contributed by atoms with Gasteiger partial charge < -0.3 is 5.32 Å². The molecule has 0 bridgehead atoms. The SMILES string of the molecule is Cc1nc(-c2ncccn2)sc1C(=O)NN1C(=O)NC(C)(CCc2ccccc2)C1=O.